The molecule has 1 saturated carbocycles. The molecule has 2 fully saturated rings. The first-order valence-corrected chi connectivity index (χ1v) is 6.09. The summed E-state index contributed by atoms with van der Waals surface area (Å²) in [6, 6.07) is 3.45. The van der Waals surface area contributed by atoms with Crippen molar-refractivity contribution in [3.05, 3.63) is 17.8 Å². The Hall–Kier alpha value is -1.65. The summed E-state index contributed by atoms with van der Waals surface area (Å²) in [4.78, 5) is 12.9. The van der Waals surface area contributed by atoms with Gasteiger partial charge in [-0.3, -0.25) is 0 Å². The zero-order chi connectivity index (χ0) is 11.8. The molecule has 0 radical (unpaired) electrons. The first-order chi connectivity index (χ1) is 8.25. The molecule has 1 N–H and O–H groups in total. The smallest absolute Gasteiger partial charge is 0.326 e. The minimum absolute atomic E-state index is 0.434. The molecular weight excluding hydrogens is 218 g/mol. The van der Waals surface area contributed by atoms with Crippen molar-refractivity contribution >= 4 is 11.8 Å². The normalized spacial score (nSPS) is 24.0. The number of hydrogen-bond acceptors (Lipinski definition) is 4. The van der Waals surface area contributed by atoms with Gasteiger partial charge in [0, 0.05) is 12.5 Å². The number of nitrogens with zero attached hydrogens (tertiary/aromatic N) is 3. The molecular formula is C12H15N3O2. The molecule has 0 bridgehead atoms. The predicted octanol–water partition coefficient (Wildman–Crippen LogP) is 1.41. The zero-order valence-electron chi connectivity index (χ0n) is 9.54. The van der Waals surface area contributed by atoms with Crippen LogP contribution in [0.15, 0.2) is 12.1 Å². The van der Waals surface area contributed by atoms with Crippen molar-refractivity contribution in [2.45, 2.75) is 37.6 Å². The van der Waals surface area contributed by atoms with Crippen LogP contribution in [0, 0.1) is 0 Å². The van der Waals surface area contributed by atoms with Crippen LogP contribution in [0.25, 0.3) is 0 Å². The van der Waals surface area contributed by atoms with Gasteiger partial charge in [0.25, 0.3) is 0 Å². The van der Waals surface area contributed by atoms with Gasteiger partial charge in [0.05, 0.1) is 5.69 Å². The molecule has 3 rings (SSSR count). The van der Waals surface area contributed by atoms with Crippen LogP contribution in [0.3, 0.4) is 0 Å². The van der Waals surface area contributed by atoms with Gasteiger partial charge < -0.3 is 10.0 Å². The minimum atomic E-state index is -0.768. The summed E-state index contributed by atoms with van der Waals surface area (Å²) in [6.45, 7) is 0.758. The summed E-state index contributed by atoms with van der Waals surface area (Å²) < 4.78 is 0. The third-order valence-corrected chi connectivity index (χ3v) is 3.50. The van der Waals surface area contributed by atoms with Crippen LogP contribution in [0.1, 0.15) is 37.3 Å². The largest absolute Gasteiger partial charge is 0.480 e. The number of aromatic nitrogens is 2. The quantitative estimate of drug-likeness (QED) is 0.855. The van der Waals surface area contributed by atoms with Crippen LogP contribution in [0.2, 0.25) is 0 Å². The first-order valence-electron chi connectivity index (χ1n) is 6.09. The van der Waals surface area contributed by atoms with E-state index in [0.29, 0.717) is 18.2 Å². The fourth-order valence-electron chi connectivity index (χ4n) is 2.38. The fourth-order valence-corrected chi connectivity index (χ4v) is 2.38. The van der Waals surface area contributed by atoms with Gasteiger partial charge in [-0.25, -0.2) is 4.79 Å². The van der Waals surface area contributed by atoms with Gasteiger partial charge >= 0.3 is 5.97 Å². The molecule has 5 heteroatoms. The Balaban J connectivity index is 1.80. The lowest BCUT2D eigenvalue weighted by Crippen LogP contribution is -2.36. The maximum absolute atomic E-state index is 11.1. The summed E-state index contributed by atoms with van der Waals surface area (Å²) in [7, 11) is 0. The average Bonchev–Trinajstić information content (AvgIpc) is 3.06. The number of hydrogen-bond donors (Lipinski definition) is 1. The summed E-state index contributed by atoms with van der Waals surface area (Å²) in [5.74, 6) is 0.514. The van der Waals surface area contributed by atoms with Crippen LogP contribution >= 0.6 is 0 Å². The molecule has 0 spiro atoms. The highest BCUT2D eigenvalue weighted by Gasteiger charge is 2.32. The summed E-state index contributed by atoms with van der Waals surface area (Å²) >= 11 is 0. The topological polar surface area (TPSA) is 66.3 Å². The summed E-state index contributed by atoms with van der Waals surface area (Å²) in [5.41, 5.74) is 1.04. The highest BCUT2D eigenvalue weighted by Crippen LogP contribution is 2.38. The van der Waals surface area contributed by atoms with Crippen LogP contribution in [0.5, 0.6) is 0 Å². The van der Waals surface area contributed by atoms with E-state index in [1.165, 1.54) is 12.8 Å². The SMILES string of the molecule is O=C(O)C1CCCN1c1ccc(C2CC2)nn1. The highest BCUT2D eigenvalue weighted by atomic mass is 16.4. The second-order valence-electron chi connectivity index (χ2n) is 4.78. The van der Waals surface area contributed by atoms with E-state index in [1.54, 1.807) is 0 Å². The average molecular weight is 233 g/mol. The van der Waals surface area contributed by atoms with Crippen molar-refractivity contribution in [1.82, 2.24) is 10.2 Å². The lowest BCUT2D eigenvalue weighted by molar-refractivity contribution is -0.138. The maximum Gasteiger partial charge on any atom is 0.326 e. The Morgan fingerprint density at radius 3 is 2.71 bits per heavy atom. The van der Waals surface area contributed by atoms with Crippen molar-refractivity contribution in [1.29, 1.82) is 0 Å². The van der Waals surface area contributed by atoms with E-state index < -0.39 is 12.0 Å². The van der Waals surface area contributed by atoms with Gasteiger partial charge in [0.2, 0.25) is 0 Å². The molecule has 1 atom stereocenters. The fraction of sp³-hybridized carbons (Fsp3) is 0.583. The van der Waals surface area contributed by atoms with Crippen molar-refractivity contribution in [2.24, 2.45) is 0 Å². The van der Waals surface area contributed by atoms with Crippen molar-refractivity contribution in [3.8, 4) is 0 Å². The summed E-state index contributed by atoms with van der Waals surface area (Å²) in [6.07, 6.45) is 4.01. The molecule has 1 aromatic rings. The van der Waals surface area contributed by atoms with Crippen LogP contribution in [-0.4, -0.2) is 33.9 Å². The number of aliphatic carboxylic acids is 1. The number of anilines is 1. The molecule has 0 amide bonds. The molecule has 1 saturated heterocycles. The van der Waals surface area contributed by atoms with Crippen LogP contribution in [0.4, 0.5) is 5.82 Å². The zero-order valence-corrected chi connectivity index (χ0v) is 9.54. The third-order valence-electron chi connectivity index (χ3n) is 3.50. The van der Waals surface area contributed by atoms with Gasteiger partial charge in [0.1, 0.15) is 6.04 Å². The number of carboxylic acid groups (broad SMARTS) is 1. The molecule has 5 nitrogen and oxygen atoms in total. The van der Waals surface area contributed by atoms with Crippen LogP contribution < -0.4 is 4.90 Å². The van der Waals surface area contributed by atoms with E-state index in [2.05, 4.69) is 10.2 Å². The predicted molar refractivity (Wildman–Crippen MR) is 62.0 cm³/mol. The van der Waals surface area contributed by atoms with E-state index in [1.807, 2.05) is 17.0 Å². The molecule has 1 aliphatic heterocycles. The molecule has 1 aliphatic carbocycles. The Morgan fingerprint density at radius 1 is 1.29 bits per heavy atom. The van der Waals surface area contributed by atoms with Crippen LogP contribution in [-0.2, 0) is 4.79 Å². The van der Waals surface area contributed by atoms with E-state index in [4.69, 9.17) is 5.11 Å². The van der Waals surface area contributed by atoms with E-state index in [-0.39, 0.29) is 0 Å². The molecule has 0 aromatic carbocycles. The molecule has 1 unspecified atom stereocenters. The van der Waals surface area contributed by atoms with E-state index in [9.17, 15) is 4.79 Å². The Bertz CT molecular complexity index is 428. The second kappa shape index (κ2) is 3.98. The second-order valence-corrected chi connectivity index (χ2v) is 4.78. The molecule has 90 valence electrons. The van der Waals surface area contributed by atoms with Crippen molar-refractivity contribution in [3.63, 3.8) is 0 Å². The first kappa shape index (κ1) is 10.5. The minimum Gasteiger partial charge on any atom is -0.480 e. The van der Waals surface area contributed by atoms with E-state index in [0.717, 1.165) is 18.7 Å². The Morgan fingerprint density at radius 2 is 2.12 bits per heavy atom. The Kier molecular flexibility index (Phi) is 2.46. The highest BCUT2D eigenvalue weighted by molar-refractivity contribution is 5.78. The number of carboxylic acids is 1. The molecule has 2 heterocycles. The van der Waals surface area contributed by atoms with Gasteiger partial charge in [0.15, 0.2) is 5.82 Å². The van der Waals surface area contributed by atoms with Gasteiger partial charge in [-0.15, -0.1) is 5.10 Å². The lowest BCUT2D eigenvalue weighted by Gasteiger charge is -2.21. The maximum atomic E-state index is 11.1. The molecule has 17 heavy (non-hydrogen) atoms. The standard InChI is InChI=1S/C12H15N3O2/c16-12(17)10-2-1-7-15(10)11-6-5-9(13-14-11)8-3-4-8/h5-6,8,10H,1-4,7H2,(H,16,17). The van der Waals surface area contributed by atoms with Gasteiger partial charge in [-0.05, 0) is 37.8 Å². The monoisotopic (exact) mass is 233 g/mol. The number of rotatable bonds is 3. The van der Waals surface area contributed by atoms with Crippen molar-refractivity contribution < 1.29 is 9.90 Å². The number of carbonyl (C=O) groups is 1. The Labute approximate surface area is 99.5 Å². The van der Waals surface area contributed by atoms with E-state index >= 15 is 0 Å². The lowest BCUT2D eigenvalue weighted by atomic mass is 10.2. The third kappa shape index (κ3) is 1.97. The molecule has 1 aromatic heterocycles. The van der Waals surface area contributed by atoms with Gasteiger partial charge in [-0.2, -0.15) is 5.10 Å². The van der Waals surface area contributed by atoms with Crippen molar-refractivity contribution in [2.75, 3.05) is 11.4 Å². The molecule has 2 aliphatic rings. The summed E-state index contributed by atoms with van der Waals surface area (Å²) in [5, 5.41) is 17.5. The van der Waals surface area contributed by atoms with Gasteiger partial charge in [-0.1, -0.05) is 0 Å².